The highest BCUT2D eigenvalue weighted by molar-refractivity contribution is 5.91. The van der Waals surface area contributed by atoms with E-state index < -0.39 is 12.2 Å². The summed E-state index contributed by atoms with van der Waals surface area (Å²) in [5.41, 5.74) is 3.11. The van der Waals surface area contributed by atoms with E-state index in [1.54, 1.807) is 34.1 Å². The molecule has 9 heteroatoms. The van der Waals surface area contributed by atoms with E-state index in [0.29, 0.717) is 19.4 Å². The Morgan fingerprint density at radius 1 is 0.953 bits per heavy atom. The maximum Gasteiger partial charge on any atom is 0.334 e. The summed E-state index contributed by atoms with van der Waals surface area (Å²) in [6.45, 7) is 4.89. The van der Waals surface area contributed by atoms with Gasteiger partial charge in [0.15, 0.2) is 0 Å². The van der Waals surface area contributed by atoms with Crippen molar-refractivity contribution in [3.8, 4) is 0 Å². The number of likely N-dealkylation sites (N-methyl/N-ethyl adjacent to an activating group) is 1. The first kappa shape index (κ1) is 30.2. The molecule has 0 saturated carbocycles. The highest BCUT2D eigenvalue weighted by atomic mass is 19.1. The van der Waals surface area contributed by atoms with Crippen LogP contribution >= 0.6 is 0 Å². The summed E-state index contributed by atoms with van der Waals surface area (Å²) in [4.78, 5) is 44.6. The van der Waals surface area contributed by atoms with Crippen LogP contribution in [-0.2, 0) is 16.1 Å². The topological polar surface area (TPSA) is 76.2 Å². The molecule has 2 heterocycles. The van der Waals surface area contributed by atoms with Crippen molar-refractivity contribution in [2.24, 2.45) is 5.92 Å². The van der Waals surface area contributed by atoms with Gasteiger partial charge in [-0.25, -0.2) is 19.2 Å². The van der Waals surface area contributed by atoms with Gasteiger partial charge in [-0.1, -0.05) is 93.1 Å². The monoisotopic (exact) mass is 585 g/mol. The van der Waals surface area contributed by atoms with E-state index in [0.717, 1.165) is 5.56 Å². The predicted molar refractivity (Wildman–Crippen MR) is 163 cm³/mol. The maximum atomic E-state index is 14.1. The number of rotatable bonds is 9. The molecule has 43 heavy (non-hydrogen) atoms. The molecule has 0 spiro atoms. The third-order valence-electron chi connectivity index (χ3n) is 8.71. The molecule has 226 valence electrons. The molecule has 2 aliphatic rings. The number of piperazine rings is 1. The van der Waals surface area contributed by atoms with Crippen molar-refractivity contribution >= 4 is 17.8 Å². The lowest BCUT2D eigenvalue weighted by Gasteiger charge is -2.55. The molecule has 1 N–H and O–H groups in total. The van der Waals surface area contributed by atoms with Crippen molar-refractivity contribution in [1.82, 2.24) is 25.1 Å². The van der Waals surface area contributed by atoms with E-state index in [4.69, 9.17) is 0 Å². The van der Waals surface area contributed by atoms with Gasteiger partial charge < -0.3 is 15.1 Å². The average Bonchev–Trinajstić information content (AvgIpc) is 3.02. The normalized spacial score (nSPS) is 19.9. The standard InChI is InChI=1S/C34H40FN5O3/c1-4-24(2)32-33(42)38(20-19-29(26-11-7-5-8-12-26)27-13-9-6-10-14-27)22-30-39(32)31(41)23-37(3)40(30)34(43)36-21-25-15-17-28(35)18-16-25/h5-18,24,29-30,32H,4,19-23H2,1-3H3,(H,36,43)/t24?,30-,32-/m0/s1. The number of hydrogen-bond donors (Lipinski definition) is 1. The number of benzene rings is 3. The molecular formula is C34H40FN5O3. The van der Waals surface area contributed by atoms with Crippen molar-refractivity contribution in [2.75, 3.05) is 26.7 Å². The van der Waals surface area contributed by atoms with Crippen LogP contribution in [0.2, 0.25) is 0 Å². The van der Waals surface area contributed by atoms with E-state index in [-0.39, 0.29) is 55.1 Å². The molecule has 3 atom stereocenters. The van der Waals surface area contributed by atoms with E-state index in [9.17, 15) is 18.8 Å². The zero-order valence-corrected chi connectivity index (χ0v) is 25.0. The van der Waals surface area contributed by atoms with Crippen LogP contribution in [0.5, 0.6) is 0 Å². The van der Waals surface area contributed by atoms with Crippen molar-refractivity contribution < 1.29 is 18.8 Å². The molecule has 2 fully saturated rings. The summed E-state index contributed by atoms with van der Waals surface area (Å²) in [6.07, 6.45) is 0.757. The van der Waals surface area contributed by atoms with Gasteiger partial charge in [-0.2, -0.15) is 0 Å². The second-order valence-corrected chi connectivity index (χ2v) is 11.5. The van der Waals surface area contributed by atoms with Crippen LogP contribution < -0.4 is 5.32 Å². The van der Waals surface area contributed by atoms with Crippen LogP contribution in [-0.4, -0.2) is 76.6 Å². The van der Waals surface area contributed by atoms with E-state index >= 15 is 0 Å². The average molecular weight is 586 g/mol. The Balaban J connectivity index is 1.41. The van der Waals surface area contributed by atoms with Gasteiger partial charge in [-0.05, 0) is 41.2 Å². The van der Waals surface area contributed by atoms with E-state index in [2.05, 4.69) is 29.6 Å². The molecule has 0 radical (unpaired) electrons. The minimum atomic E-state index is -0.663. The summed E-state index contributed by atoms with van der Waals surface area (Å²) in [7, 11) is 1.71. The maximum absolute atomic E-state index is 14.1. The second-order valence-electron chi connectivity index (χ2n) is 11.5. The minimum Gasteiger partial charge on any atom is -0.337 e. The van der Waals surface area contributed by atoms with Crippen LogP contribution in [0.4, 0.5) is 9.18 Å². The molecule has 8 nitrogen and oxygen atoms in total. The Labute approximate surface area is 253 Å². The number of nitrogens with one attached hydrogen (secondary N) is 1. The Morgan fingerprint density at radius 3 is 2.14 bits per heavy atom. The van der Waals surface area contributed by atoms with Crippen LogP contribution in [0, 0.1) is 11.7 Å². The molecule has 0 bridgehead atoms. The van der Waals surface area contributed by atoms with Crippen molar-refractivity contribution in [3.05, 3.63) is 107 Å². The predicted octanol–water partition coefficient (Wildman–Crippen LogP) is 4.83. The summed E-state index contributed by atoms with van der Waals surface area (Å²) in [5, 5.41) is 6.11. The van der Waals surface area contributed by atoms with Gasteiger partial charge in [0.25, 0.3) is 0 Å². The number of nitrogens with zero attached hydrogens (tertiary/aromatic N) is 4. The first-order valence-electron chi connectivity index (χ1n) is 15.0. The number of hydrazine groups is 1. The summed E-state index contributed by atoms with van der Waals surface area (Å²) < 4.78 is 13.4. The van der Waals surface area contributed by atoms with Gasteiger partial charge in [0.05, 0.1) is 13.1 Å². The first-order chi connectivity index (χ1) is 20.8. The number of carbonyl (C=O) groups is 3. The minimum absolute atomic E-state index is 0.00916. The van der Waals surface area contributed by atoms with Crippen molar-refractivity contribution in [2.45, 2.75) is 51.4 Å². The van der Waals surface area contributed by atoms with Crippen LogP contribution in [0.3, 0.4) is 0 Å². The van der Waals surface area contributed by atoms with E-state index in [1.807, 2.05) is 55.1 Å². The number of urea groups is 1. The van der Waals surface area contributed by atoms with Crippen LogP contribution in [0.1, 0.15) is 49.3 Å². The second kappa shape index (κ2) is 13.4. The zero-order chi connectivity index (χ0) is 30.5. The highest BCUT2D eigenvalue weighted by Crippen LogP contribution is 2.33. The third kappa shape index (κ3) is 6.57. The zero-order valence-electron chi connectivity index (χ0n) is 25.0. The molecule has 3 aromatic rings. The fraction of sp³-hybridized carbons (Fsp3) is 0.382. The molecular weight excluding hydrogens is 545 g/mol. The largest absolute Gasteiger partial charge is 0.337 e. The molecule has 0 aromatic heterocycles. The lowest BCUT2D eigenvalue weighted by Crippen LogP contribution is -2.76. The SMILES string of the molecule is CCC(C)[C@H]1C(=O)N(CCC(c2ccccc2)c2ccccc2)C[C@H]2N1C(=O)CN(C)N2C(=O)NCc1ccc(F)cc1. The number of hydrogen-bond acceptors (Lipinski definition) is 4. The Morgan fingerprint density at radius 2 is 1.56 bits per heavy atom. The molecule has 3 aromatic carbocycles. The van der Waals surface area contributed by atoms with Gasteiger partial charge >= 0.3 is 6.03 Å². The Bertz CT molecular complexity index is 1370. The van der Waals surface area contributed by atoms with E-state index in [1.165, 1.54) is 23.3 Å². The third-order valence-corrected chi connectivity index (χ3v) is 8.71. The number of carbonyl (C=O) groups excluding carboxylic acids is 3. The Hall–Kier alpha value is -4.24. The van der Waals surface area contributed by atoms with Gasteiger partial charge in [-0.3, -0.25) is 9.59 Å². The van der Waals surface area contributed by atoms with Crippen LogP contribution in [0.15, 0.2) is 84.9 Å². The lowest BCUT2D eigenvalue weighted by atomic mass is 9.87. The van der Waals surface area contributed by atoms with Gasteiger partial charge in [-0.15, -0.1) is 0 Å². The fourth-order valence-corrected chi connectivity index (χ4v) is 6.24. The first-order valence-corrected chi connectivity index (χ1v) is 15.0. The number of halogens is 1. The molecule has 1 unspecified atom stereocenters. The van der Waals surface area contributed by atoms with Gasteiger partial charge in [0.2, 0.25) is 11.8 Å². The summed E-state index contributed by atoms with van der Waals surface area (Å²) >= 11 is 0. The van der Waals surface area contributed by atoms with Gasteiger partial charge in [0, 0.05) is 26.1 Å². The molecule has 5 rings (SSSR count). The highest BCUT2D eigenvalue weighted by Gasteiger charge is 2.51. The molecule has 2 saturated heterocycles. The van der Waals surface area contributed by atoms with Gasteiger partial charge in [0.1, 0.15) is 18.0 Å². The van der Waals surface area contributed by atoms with Crippen molar-refractivity contribution in [3.63, 3.8) is 0 Å². The van der Waals surface area contributed by atoms with Crippen molar-refractivity contribution in [1.29, 1.82) is 0 Å². The smallest absolute Gasteiger partial charge is 0.334 e. The van der Waals surface area contributed by atoms with Crippen LogP contribution in [0.25, 0.3) is 0 Å². The quantitative estimate of drug-likeness (QED) is 0.390. The summed E-state index contributed by atoms with van der Waals surface area (Å²) in [6, 6.07) is 25.5. The number of fused-ring (bicyclic) bond motifs is 1. The molecule has 0 aliphatic carbocycles. The summed E-state index contributed by atoms with van der Waals surface area (Å²) in [5.74, 6) is -0.589. The molecule has 4 amide bonds. The molecule has 2 aliphatic heterocycles. The number of amides is 4. The lowest BCUT2D eigenvalue weighted by molar-refractivity contribution is -0.190. The fourth-order valence-electron chi connectivity index (χ4n) is 6.24. The Kier molecular flexibility index (Phi) is 9.40.